The highest BCUT2D eigenvalue weighted by Crippen LogP contribution is 2.20. The molecule has 2 aliphatic heterocycles. The number of methoxy groups -OCH3 is 1. The molecule has 2 saturated heterocycles. The van der Waals surface area contributed by atoms with E-state index in [0.717, 1.165) is 49.5 Å². The molecule has 0 aromatic heterocycles. The second kappa shape index (κ2) is 10.2. The first-order valence-electron chi connectivity index (χ1n) is 11.5. The van der Waals surface area contributed by atoms with Crippen LogP contribution in [0.25, 0.3) is 0 Å². The van der Waals surface area contributed by atoms with Gasteiger partial charge in [0.2, 0.25) is 11.8 Å². The van der Waals surface area contributed by atoms with E-state index in [4.69, 9.17) is 4.74 Å². The highest BCUT2D eigenvalue weighted by molar-refractivity contribution is 5.84. The number of hydrogen-bond donors (Lipinski definition) is 0. The summed E-state index contributed by atoms with van der Waals surface area (Å²) in [7, 11) is 1.65. The van der Waals surface area contributed by atoms with Crippen molar-refractivity contribution < 1.29 is 14.3 Å². The molecule has 2 aromatic rings. The Morgan fingerprint density at radius 3 is 2.59 bits per heavy atom. The van der Waals surface area contributed by atoms with Crippen molar-refractivity contribution in [3.05, 3.63) is 65.2 Å². The van der Waals surface area contributed by atoms with Crippen molar-refractivity contribution in [3.63, 3.8) is 0 Å². The molecule has 2 aromatic carbocycles. The van der Waals surface area contributed by atoms with E-state index in [2.05, 4.69) is 30.0 Å². The number of carbonyl (C=O) groups excluding carboxylic acids is 2. The number of nitrogens with zero attached hydrogens (tertiary/aromatic N) is 3. The van der Waals surface area contributed by atoms with Gasteiger partial charge in [0.1, 0.15) is 11.8 Å². The zero-order valence-electron chi connectivity index (χ0n) is 19.1. The first kappa shape index (κ1) is 22.3. The van der Waals surface area contributed by atoms with Gasteiger partial charge in [-0.2, -0.15) is 0 Å². The smallest absolute Gasteiger partial charge is 0.242 e. The minimum atomic E-state index is -0.235. The van der Waals surface area contributed by atoms with Crippen LogP contribution < -0.4 is 4.74 Å². The van der Waals surface area contributed by atoms with E-state index in [-0.39, 0.29) is 17.9 Å². The number of piperazine rings is 1. The molecule has 0 saturated carbocycles. The van der Waals surface area contributed by atoms with Crippen LogP contribution in [0.3, 0.4) is 0 Å². The summed E-state index contributed by atoms with van der Waals surface area (Å²) < 4.78 is 5.20. The zero-order chi connectivity index (χ0) is 22.5. The molecule has 2 amide bonds. The molecule has 2 fully saturated rings. The lowest BCUT2D eigenvalue weighted by atomic mass is 10.1. The van der Waals surface area contributed by atoms with Crippen LogP contribution in [-0.4, -0.2) is 72.4 Å². The highest BCUT2D eigenvalue weighted by atomic mass is 16.5. The summed E-state index contributed by atoms with van der Waals surface area (Å²) in [5, 5.41) is 0. The molecule has 32 heavy (non-hydrogen) atoms. The van der Waals surface area contributed by atoms with Gasteiger partial charge < -0.3 is 14.5 Å². The molecule has 0 aliphatic carbocycles. The third kappa shape index (κ3) is 5.30. The average Bonchev–Trinajstić information content (AvgIpc) is 3.03. The number of hydrogen-bond acceptors (Lipinski definition) is 4. The van der Waals surface area contributed by atoms with E-state index in [9.17, 15) is 9.59 Å². The minimum Gasteiger partial charge on any atom is -0.497 e. The number of carbonyl (C=O) groups is 2. The molecule has 4 rings (SSSR count). The molecule has 1 atom stereocenters. The normalized spacial score (nSPS) is 19.4. The molecule has 170 valence electrons. The van der Waals surface area contributed by atoms with Crippen molar-refractivity contribution in [3.8, 4) is 5.75 Å². The molecule has 2 aliphatic rings. The largest absolute Gasteiger partial charge is 0.497 e. The van der Waals surface area contributed by atoms with E-state index in [1.165, 1.54) is 5.56 Å². The predicted molar refractivity (Wildman–Crippen MR) is 124 cm³/mol. The summed E-state index contributed by atoms with van der Waals surface area (Å²) in [6.45, 7) is 6.41. The van der Waals surface area contributed by atoms with E-state index in [1.807, 2.05) is 40.1 Å². The van der Waals surface area contributed by atoms with E-state index < -0.39 is 0 Å². The molecule has 2 heterocycles. The fourth-order valence-electron chi connectivity index (χ4n) is 4.72. The Morgan fingerprint density at radius 1 is 1.03 bits per heavy atom. The van der Waals surface area contributed by atoms with E-state index in [1.54, 1.807) is 7.11 Å². The highest BCUT2D eigenvalue weighted by Gasteiger charge is 2.38. The quantitative estimate of drug-likeness (QED) is 0.700. The Balaban J connectivity index is 1.37. The van der Waals surface area contributed by atoms with Gasteiger partial charge >= 0.3 is 0 Å². The molecule has 1 unspecified atom stereocenters. The average molecular weight is 436 g/mol. The van der Waals surface area contributed by atoms with Gasteiger partial charge in [0.25, 0.3) is 0 Å². The van der Waals surface area contributed by atoms with Gasteiger partial charge in [-0.15, -0.1) is 0 Å². The summed E-state index contributed by atoms with van der Waals surface area (Å²) in [4.78, 5) is 32.5. The molecule has 0 N–H and O–H groups in total. The van der Waals surface area contributed by atoms with Crippen LogP contribution in [0, 0.1) is 6.92 Å². The minimum absolute atomic E-state index is 0.131. The van der Waals surface area contributed by atoms with Crippen LogP contribution in [0.2, 0.25) is 0 Å². The predicted octanol–water partition coefficient (Wildman–Crippen LogP) is 2.88. The van der Waals surface area contributed by atoms with Gasteiger partial charge in [-0.1, -0.05) is 42.0 Å². The fraction of sp³-hybridized carbons (Fsp3) is 0.462. The summed E-state index contributed by atoms with van der Waals surface area (Å²) in [5.41, 5.74) is 3.48. The molecular weight excluding hydrogens is 402 g/mol. The maximum Gasteiger partial charge on any atom is 0.242 e. The maximum atomic E-state index is 13.3. The molecule has 6 nitrogen and oxygen atoms in total. The maximum absolute atomic E-state index is 13.3. The van der Waals surface area contributed by atoms with Crippen LogP contribution in [0.4, 0.5) is 0 Å². The topological polar surface area (TPSA) is 53.1 Å². The summed E-state index contributed by atoms with van der Waals surface area (Å²) >= 11 is 0. The lowest BCUT2D eigenvalue weighted by Crippen LogP contribution is -2.59. The lowest BCUT2D eigenvalue weighted by Gasteiger charge is -2.40. The van der Waals surface area contributed by atoms with Crippen molar-refractivity contribution in [1.82, 2.24) is 14.7 Å². The SMILES string of the molecule is COc1ccc(CCC(=O)N2CCCN3CCN(Cc4cccc(C)c4)C(=O)C3C2)cc1. The van der Waals surface area contributed by atoms with Gasteiger partial charge in [-0.25, -0.2) is 0 Å². The second-order valence-corrected chi connectivity index (χ2v) is 8.84. The van der Waals surface area contributed by atoms with Crippen LogP contribution in [0.15, 0.2) is 48.5 Å². The van der Waals surface area contributed by atoms with Crippen molar-refractivity contribution >= 4 is 11.8 Å². The van der Waals surface area contributed by atoms with E-state index >= 15 is 0 Å². The lowest BCUT2D eigenvalue weighted by molar-refractivity contribution is -0.144. The van der Waals surface area contributed by atoms with Crippen molar-refractivity contribution in [2.24, 2.45) is 0 Å². The summed E-state index contributed by atoms with van der Waals surface area (Å²) in [6.07, 6.45) is 2.07. The molecule has 0 bridgehead atoms. The summed E-state index contributed by atoms with van der Waals surface area (Å²) in [5.74, 6) is 1.10. The third-order valence-electron chi connectivity index (χ3n) is 6.56. The van der Waals surface area contributed by atoms with Crippen molar-refractivity contribution in [2.45, 2.75) is 38.8 Å². The van der Waals surface area contributed by atoms with Gasteiger partial charge in [0, 0.05) is 45.7 Å². The Morgan fingerprint density at radius 2 is 1.84 bits per heavy atom. The van der Waals surface area contributed by atoms with Crippen LogP contribution >= 0.6 is 0 Å². The number of aryl methyl sites for hydroxylation is 2. The summed E-state index contributed by atoms with van der Waals surface area (Å²) in [6, 6.07) is 16.0. The van der Waals surface area contributed by atoms with Crippen LogP contribution in [-0.2, 0) is 22.6 Å². The first-order valence-corrected chi connectivity index (χ1v) is 11.5. The molecule has 6 heteroatoms. The monoisotopic (exact) mass is 435 g/mol. The standard InChI is InChI=1S/C26H33N3O3/c1-20-5-3-6-22(17-20)18-29-16-15-27-13-4-14-28(19-24(27)26(29)31)25(30)12-9-21-7-10-23(32-2)11-8-21/h3,5-8,10-11,17,24H,4,9,12-16,18-19H2,1-2H3. The second-order valence-electron chi connectivity index (χ2n) is 8.84. The zero-order valence-corrected chi connectivity index (χ0v) is 19.1. The number of amides is 2. The van der Waals surface area contributed by atoms with Gasteiger partial charge in [0.15, 0.2) is 0 Å². The third-order valence-corrected chi connectivity index (χ3v) is 6.56. The number of rotatable bonds is 6. The Labute approximate surface area is 190 Å². The van der Waals surface area contributed by atoms with E-state index in [0.29, 0.717) is 25.9 Å². The van der Waals surface area contributed by atoms with Crippen molar-refractivity contribution in [1.29, 1.82) is 0 Å². The molecule has 0 spiro atoms. The van der Waals surface area contributed by atoms with Crippen LogP contribution in [0.5, 0.6) is 5.75 Å². The number of fused-ring (bicyclic) bond motifs is 1. The van der Waals surface area contributed by atoms with Crippen molar-refractivity contribution in [2.75, 3.05) is 39.8 Å². The molecular formula is C26H33N3O3. The van der Waals surface area contributed by atoms with Gasteiger partial charge in [0.05, 0.1) is 7.11 Å². The Kier molecular flexibility index (Phi) is 7.10. The Bertz CT molecular complexity index is 944. The first-order chi connectivity index (χ1) is 15.5. The Hall–Kier alpha value is -2.86. The van der Waals surface area contributed by atoms with Crippen LogP contribution in [0.1, 0.15) is 29.5 Å². The fourth-order valence-corrected chi connectivity index (χ4v) is 4.72. The number of benzene rings is 2. The number of ether oxygens (including phenoxy) is 1. The van der Waals surface area contributed by atoms with Gasteiger partial charge in [-0.3, -0.25) is 14.5 Å². The van der Waals surface area contributed by atoms with Gasteiger partial charge in [-0.05, 0) is 43.0 Å². The molecule has 0 radical (unpaired) electrons.